The topological polar surface area (TPSA) is 44.3 Å². The quantitative estimate of drug-likeness (QED) is 0.912. The van der Waals surface area contributed by atoms with Gasteiger partial charge in [-0.1, -0.05) is 0 Å². The second kappa shape index (κ2) is 7.27. The van der Waals surface area contributed by atoms with Crippen molar-refractivity contribution < 1.29 is 0 Å². The average Bonchev–Trinajstić information content (AvgIpc) is 2.93. The minimum Gasteiger partial charge on any atom is -0.363 e. The Morgan fingerprint density at radius 1 is 1.39 bits per heavy atom. The first-order valence-corrected chi connectivity index (χ1v) is 9.02. The molecule has 1 saturated heterocycles. The molecule has 3 rings (SSSR count). The van der Waals surface area contributed by atoms with Crippen LogP contribution in [0, 0.1) is 6.92 Å². The summed E-state index contributed by atoms with van der Waals surface area (Å²) in [6.45, 7) is 5.48. The van der Waals surface area contributed by atoms with Crippen molar-refractivity contribution >= 4 is 23.1 Å². The molecule has 1 atom stereocenters. The van der Waals surface area contributed by atoms with Crippen molar-refractivity contribution in [2.45, 2.75) is 32.4 Å². The molecule has 1 aliphatic heterocycles. The molecule has 124 valence electrons. The highest BCUT2D eigenvalue weighted by Crippen LogP contribution is 2.21. The Bertz CT molecular complexity index is 639. The van der Waals surface area contributed by atoms with E-state index >= 15 is 0 Å². The molecule has 1 fully saturated rings. The van der Waals surface area contributed by atoms with Crippen molar-refractivity contribution in [3.63, 3.8) is 0 Å². The van der Waals surface area contributed by atoms with Gasteiger partial charge in [-0.05, 0) is 49.4 Å². The van der Waals surface area contributed by atoms with E-state index in [1.165, 1.54) is 29.8 Å². The van der Waals surface area contributed by atoms with Gasteiger partial charge < -0.3 is 10.2 Å². The molecule has 1 unspecified atom stereocenters. The fourth-order valence-electron chi connectivity index (χ4n) is 2.94. The third kappa shape index (κ3) is 4.20. The smallest absolute Gasteiger partial charge is 0.224 e. The summed E-state index contributed by atoms with van der Waals surface area (Å²) < 4.78 is 0. The molecule has 0 radical (unpaired) electrons. The summed E-state index contributed by atoms with van der Waals surface area (Å²) in [5.74, 6) is 1.67. The first-order valence-electron chi connectivity index (χ1n) is 8.14. The van der Waals surface area contributed by atoms with E-state index in [2.05, 4.69) is 38.6 Å². The Morgan fingerprint density at radius 3 is 3.00 bits per heavy atom. The van der Waals surface area contributed by atoms with Gasteiger partial charge in [-0.25, -0.2) is 4.98 Å². The zero-order valence-corrected chi connectivity index (χ0v) is 14.9. The maximum Gasteiger partial charge on any atom is 0.224 e. The number of thiophene rings is 1. The molecule has 0 spiro atoms. The Labute approximate surface area is 142 Å². The van der Waals surface area contributed by atoms with Crippen LogP contribution in [0.2, 0.25) is 0 Å². The van der Waals surface area contributed by atoms with Gasteiger partial charge >= 0.3 is 0 Å². The van der Waals surface area contributed by atoms with Crippen LogP contribution in [0.5, 0.6) is 0 Å². The number of rotatable bonds is 5. The number of likely N-dealkylation sites (tertiary alicyclic amines) is 1. The highest BCUT2D eigenvalue weighted by atomic mass is 32.1. The molecule has 1 aliphatic rings. The Balaban J connectivity index is 1.60. The molecule has 0 aliphatic carbocycles. The summed E-state index contributed by atoms with van der Waals surface area (Å²) in [6, 6.07) is 4.56. The second-order valence-electron chi connectivity index (χ2n) is 6.38. The lowest BCUT2D eigenvalue weighted by atomic mass is 10.1. The predicted octanol–water partition coefficient (Wildman–Crippen LogP) is 2.99. The third-order valence-corrected chi connectivity index (χ3v) is 5.28. The van der Waals surface area contributed by atoms with E-state index in [1.807, 2.05) is 42.6 Å². The molecular weight excluding hydrogens is 306 g/mol. The van der Waals surface area contributed by atoms with Gasteiger partial charge in [0.2, 0.25) is 5.95 Å². The van der Waals surface area contributed by atoms with Gasteiger partial charge in [0.15, 0.2) is 0 Å². The van der Waals surface area contributed by atoms with Gasteiger partial charge in [0.25, 0.3) is 0 Å². The molecule has 23 heavy (non-hydrogen) atoms. The van der Waals surface area contributed by atoms with Gasteiger partial charge in [0.1, 0.15) is 5.82 Å². The van der Waals surface area contributed by atoms with Crippen LogP contribution in [0.4, 0.5) is 11.8 Å². The van der Waals surface area contributed by atoms with Crippen LogP contribution in [-0.2, 0) is 6.54 Å². The van der Waals surface area contributed by atoms with Crippen LogP contribution >= 0.6 is 11.3 Å². The average molecular weight is 331 g/mol. The summed E-state index contributed by atoms with van der Waals surface area (Å²) in [6.07, 6.45) is 4.21. The number of nitrogens with zero attached hydrogens (tertiary/aromatic N) is 4. The van der Waals surface area contributed by atoms with E-state index < -0.39 is 0 Å². The van der Waals surface area contributed by atoms with Crippen LogP contribution in [0.15, 0.2) is 23.7 Å². The number of nitrogens with one attached hydrogen (secondary N) is 1. The zero-order chi connectivity index (χ0) is 16.2. The molecule has 5 nitrogen and oxygen atoms in total. The molecule has 0 amide bonds. The van der Waals surface area contributed by atoms with Crippen LogP contribution < -0.4 is 10.2 Å². The molecule has 2 aromatic rings. The van der Waals surface area contributed by atoms with E-state index in [0.29, 0.717) is 6.04 Å². The fraction of sp³-hybridized carbons (Fsp3) is 0.529. The molecule has 0 saturated carbocycles. The Hall–Kier alpha value is -1.66. The lowest BCUT2D eigenvalue weighted by Gasteiger charge is -2.33. The monoisotopic (exact) mass is 331 g/mol. The number of piperidine rings is 1. The second-order valence-corrected chi connectivity index (χ2v) is 7.38. The molecule has 0 bridgehead atoms. The normalized spacial score (nSPS) is 18.8. The van der Waals surface area contributed by atoms with E-state index in [0.717, 1.165) is 24.9 Å². The SMILES string of the molecule is Cc1ccsc1CN1CCCC(Nc2nccc(N(C)C)n2)C1. The maximum atomic E-state index is 4.57. The molecule has 2 aromatic heterocycles. The van der Waals surface area contributed by atoms with Crippen LogP contribution in [-0.4, -0.2) is 48.1 Å². The highest BCUT2D eigenvalue weighted by molar-refractivity contribution is 7.10. The largest absolute Gasteiger partial charge is 0.363 e. The van der Waals surface area contributed by atoms with Crippen LogP contribution in [0.25, 0.3) is 0 Å². The fourth-order valence-corrected chi connectivity index (χ4v) is 3.88. The van der Waals surface area contributed by atoms with Crippen molar-refractivity contribution in [1.29, 1.82) is 0 Å². The summed E-state index contributed by atoms with van der Waals surface area (Å²) in [5.41, 5.74) is 1.41. The van der Waals surface area contributed by atoms with Crippen molar-refractivity contribution in [3.05, 3.63) is 34.2 Å². The van der Waals surface area contributed by atoms with Gasteiger partial charge in [0.05, 0.1) is 0 Å². The van der Waals surface area contributed by atoms with Crippen molar-refractivity contribution in [2.24, 2.45) is 0 Å². The van der Waals surface area contributed by atoms with Gasteiger partial charge in [-0.15, -0.1) is 11.3 Å². The van der Waals surface area contributed by atoms with Crippen molar-refractivity contribution in [3.8, 4) is 0 Å². The molecule has 6 heteroatoms. The number of hydrogen-bond donors (Lipinski definition) is 1. The van der Waals surface area contributed by atoms with Gasteiger partial charge in [0, 0.05) is 44.3 Å². The number of anilines is 2. The molecule has 0 aromatic carbocycles. The van der Waals surface area contributed by atoms with Gasteiger partial charge in [-0.2, -0.15) is 4.98 Å². The molecule has 1 N–H and O–H groups in total. The van der Waals surface area contributed by atoms with Crippen LogP contribution in [0.1, 0.15) is 23.3 Å². The van der Waals surface area contributed by atoms with E-state index in [9.17, 15) is 0 Å². The number of aromatic nitrogens is 2. The van der Waals surface area contributed by atoms with Crippen molar-refractivity contribution in [1.82, 2.24) is 14.9 Å². The first kappa shape index (κ1) is 16.2. The number of aryl methyl sites for hydroxylation is 1. The lowest BCUT2D eigenvalue weighted by molar-refractivity contribution is 0.209. The summed E-state index contributed by atoms with van der Waals surface area (Å²) >= 11 is 1.86. The van der Waals surface area contributed by atoms with Crippen molar-refractivity contribution in [2.75, 3.05) is 37.4 Å². The lowest BCUT2D eigenvalue weighted by Crippen LogP contribution is -2.41. The van der Waals surface area contributed by atoms with E-state index in [-0.39, 0.29) is 0 Å². The summed E-state index contributed by atoms with van der Waals surface area (Å²) in [7, 11) is 4.00. The third-order valence-electron chi connectivity index (χ3n) is 4.27. The van der Waals surface area contributed by atoms with E-state index in [1.54, 1.807) is 0 Å². The summed E-state index contributed by atoms with van der Waals surface area (Å²) in [4.78, 5) is 15.0. The summed E-state index contributed by atoms with van der Waals surface area (Å²) in [5, 5.41) is 5.70. The maximum absolute atomic E-state index is 4.57. The van der Waals surface area contributed by atoms with Crippen LogP contribution in [0.3, 0.4) is 0 Å². The highest BCUT2D eigenvalue weighted by Gasteiger charge is 2.21. The van der Waals surface area contributed by atoms with Gasteiger partial charge in [-0.3, -0.25) is 4.90 Å². The predicted molar refractivity (Wildman–Crippen MR) is 97.3 cm³/mol. The number of hydrogen-bond acceptors (Lipinski definition) is 6. The molecule has 3 heterocycles. The standard InChI is InChI=1S/C17H25N5S/c1-13-7-10-23-15(13)12-22-9-4-5-14(11-22)19-17-18-8-6-16(20-17)21(2)3/h6-8,10,14H,4-5,9,11-12H2,1-3H3,(H,18,19,20). The Morgan fingerprint density at radius 2 is 2.26 bits per heavy atom. The zero-order valence-electron chi connectivity index (χ0n) is 14.1. The molecular formula is C17H25N5S. The first-order chi connectivity index (χ1) is 11.1. The minimum absolute atomic E-state index is 0.418. The minimum atomic E-state index is 0.418. The Kier molecular flexibility index (Phi) is 5.13. The van der Waals surface area contributed by atoms with E-state index in [4.69, 9.17) is 0 Å².